The summed E-state index contributed by atoms with van der Waals surface area (Å²) in [5, 5.41) is 12.4. The highest BCUT2D eigenvalue weighted by Crippen LogP contribution is 2.34. The zero-order valence-corrected chi connectivity index (χ0v) is 16.5. The zero-order valence-electron chi connectivity index (χ0n) is 15.7. The van der Waals surface area contributed by atoms with E-state index in [4.69, 9.17) is 14.2 Å². The number of nitriles is 1. The standard InChI is InChI=1S/C19H20N2O5S/c1-10(2)26-19(23)16-11(3)15(9-20)18(27-16)21-17(22)12-6-13(24-4)8-14(7-12)25-5/h6-8,10H,1-5H3,(H,21,22). The van der Waals surface area contributed by atoms with Crippen LogP contribution < -0.4 is 14.8 Å². The van der Waals surface area contributed by atoms with Crippen molar-refractivity contribution in [3.63, 3.8) is 0 Å². The highest BCUT2D eigenvalue weighted by atomic mass is 32.1. The van der Waals surface area contributed by atoms with Gasteiger partial charge in [-0.2, -0.15) is 5.26 Å². The minimum atomic E-state index is -0.521. The maximum Gasteiger partial charge on any atom is 0.348 e. The van der Waals surface area contributed by atoms with E-state index in [2.05, 4.69) is 5.32 Å². The molecule has 0 bridgehead atoms. The van der Waals surface area contributed by atoms with Crippen LogP contribution in [0.1, 0.15) is 45.0 Å². The van der Waals surface area contributed by atoms with Gasteiger partial charge in [0.05, 0.1) is 25.9 Å². The molecular weight excluding hydrogens is 368 g/mol. The maximum absolute atomic E-state index is 12.6. The van der Waals surface area contributed by atoms with Crippen LogP contribution in [0.3, 0.4) is 0 Å². The van der Waals surface area contributed by atoms with E-state index in [1.165, 1.54) is 14.2 Å². The highest BCUT2D eigenvalue weighted by Gasteiger charge is 2.23. The zero-order chi connectivity index (χ0) is 20.1. The van der Waals surface area contributed by atoms with Crippen LogP contribution in [0.5, 0.6) is 11.5 Å². The van der Waals surface area contributed by atoms with Gasteiger partial charge in [-0.3, -0.25) is 4.79 Å². The lowest BCUT2D eigenvalue weighted by Gasteiger charge is -2.08. The number of ether oxygens (including phenoxy) is 3. The minimum Gasteiger partial charge on any atom is -0.497 e. The number of esters is 1. The van der Waals surface area contributed by atoms with Crippen molar-refractivity contribution in [1.82, 2.24) is 0 Å². The van der Waals surface area contributed by atoms with Gasteiger partial charge in [-0.1, -0.05) is 0 Å². The van der Waals surface area contributed by atoms with Crippen molar-refractivity contribution in [3.05, 3.63) is 39.8 Å². The number of benzene rings is 1. The van der Waals surface area contributed by atoms with E-state index in [0.29, 0.717) is 27.5 Å². The molecule has 0 saturated carbocycles. The summed E-state index contributed by atoms with van der Waals surface area (Å²) < 4.78 is 15.5. The fourth-order valence-corrected chi connectivity index (χ4v) is 3.35. The second kappa shape index (κ2) is 8.56. The summed E-state index contributed by atoms with van der Waals surface area (Å²) in [6.45, 7) is 5.13. The molecule has 0 unspecified atom stereocenters. The monoisotopic (exact) mass is 388 g/mol. The fourth-order valence-electron chi connectivity index (χ4n) is 2.31. The predicted octanol–water partition coefficient (Wildman–Crippen LogP) is 3.76. The van der Waals surface area contributed by atoms with Gasteiger partial charge in [-0.25, -0.2) is 4.79 Å². The van der Waals surface area contributed by atoms with Gasteiger partial charge in [0.15, 0.2) is 0 Å². The second-order valence-electron chi connectivity index (χ2n) is 5.88. The summed E-state index contributed by atoms with van der Waals surface area (Å²) in [6, 6.07) is 6.79. The van der Waals surface area contributed by atoms with Crippen LogP contribution in [0.2, 0.25) is 0 Å². The number of nitrogens with zero attached hydrogens (tertiary/aromatic N) is 1. The van der Waals surface area contributed by atoms with Crippen LogP contribution in [-0.2, 0) is 4.74 Å². The normalized spacial score (nSPS) is 10.3. The molecule has 1 N–H and O–H groups in total. The number of anilines is 1. The molecule has 0 aliphatic heterocycles. The van der Waals surface area contributed by atoms with Gasteiger partial charge in [0.25, 0.3) is 5.91 Å². The first-order valence-corrected chi connectivity index (χ1v) is 8.91. The Balaban J connectivity index is 2.36. The first kappa shape index (κ1) is 20.3. The van der Waals surface area contributed by atoms with E-state index in [9.17, 15) is 14.9 Å². The first-order valence-electron chi connectivity index (χ1n) is 8.09. The Kier molecular flexibility index (Phi) is 6.42. The maximum atomic E-state index is 12.6. The third-order valence-corrected chi connectivity index (χ3v) is 4.81. The van der Waals surface area contributed by atoms with E-state index in [1.807, 2.05) is 6.07 Å². The molecule has 1 amide bonds. The summed E-state index contributed by atoms with van der Waals surface area (Å²) in [4.78, 5) is 25.1. The van der Waals surface area contributed by atoms with Crippen LogP contribution in [0.15, 0.2) is 18.2 Å². The van der Waals surface area contributed by atoms with Crippen LogP contribution in [0.4, 0.5) is 5.00 Å². The molecule has 0 fully saturated rings. The number of hydrogen-bond donors (Lipinski definition) is 1. The van der Waals surface area contributed by atoms with Gasteiger partial charge < -0.3 is 19.5 Å². The lowest BCUT2D eigenvalue weighted by Crippen LogP contribution is -2.12. The number of methoxy groups -OCH3 is 2. The second-order valence-corrected chi connectivity index (χ2v) is 6.90. The molecule has 2 rings (SSSR count). The molecule has 0 aliphatic carbocycles. The number of amides is 1. The molecule has 2 aromatic rings. The van der Waals surface area contributed by atoms with Crippen molar-refractivity contribution >= 4 is 28.2 Å². The summed E-state index contributed by atoms with van der Waals surface area (Å²) in [5.74, 6) is -0.0478. The fraction of sp³-hybridized carbons (Fsp3) is 0.316. The summed E-state index contributed by atoms with van der Waals surface area (Å²) >= 11 is 1.01. The molecule has 0 radical (unpaired) electrons. The minimum absolute atomic E-state index is 0.235. The number of thiophene rings is 1. The van der Waals surface area contributed by atoms with Crippen molar-refractivity contribution in [3.8, 4) is 17.6 Å². The number of carbonyl (C=O) groups excluding carboxylic acids is 2. The van der Waals surface area contributed by atoms with Gasteiger partial charge in [0.1, 0.15) is 27.4 Å². The van der Waals surface area contributed by atoms with Gasteiger partial charge in [-0.05, 0) is 38.5 Å². The Morgan fingerprint density at radius 2 is 1.74 bits per heavy atom. The molecule has 0 spiro atoms. The first-order chi connectivity index (χ1) is 12.8. The summed E-state index contributed by atoms with van der Waals surface area (Å²) in [6.07, 6.45) is -0.285. The Morgan fingerprint density at radius 1 is 1.15 bits per heavy atom. The quantitative estimate of drug-likeness (QED) is 0.757. The average molecular weight is 388 g/mol. The molecule has 142 valence electrons. The molecule has 1 heterocycles. The van der Waals surface area contributed by atoms with Gasteiger partial charge in [0, 0.05) is 11.6 Å². The molecule has 1 aromatic carbocycles. The molecule has 7 nitrogen and oxygen atoms in total. The topological polar surface area (TPSA) is 97.7 Å². The molecule has 0 aliphatic rings. The predicted molar refractivity (Wildman–Crippen MR) is 102 cm³/mol. The third kappa shape index (κ3) is 4.57. The van der Waals surface area contributed by atoms with Crippen molar-refractivity contribution in [1.29, 1.82) is 5.26 Å². The summed E-state index contributed by atoms with van der Waals surface area (Å²) in [7, 11) is 2.97. The lowest BCUT2D eigenvalue weighted by molar-refractivity contribution is 0.0383. The highest BCUT2D eigenvalue weighted by molar-refractivity contribution is 7.18. The number of hydrogen-bond acceptors (Lipinski definition) is 7. The molecule has 0 atom stereocenters. The number of nitrogens with one attached hydrogen (secondary N) is 1. The number of rotatable bonds is 6. The molecule has 8 heteroatoms. The van der Waals surface area contributed by atoms with E-state index in [-0.39, 0.29) is 16.7 Å². The van der Waals surface area contributed by atoms with Crippen LogP contribution >= 0.6 is 11.3 Å². The Hall–Kier alpha value is -3.05. The molecule has 0 saturated heterocycles. The third-order valence-electron chi connectivity index (χ3n) is 3.63. The largest absolute Gasteiger partial charge is 0.497 e. The SMILES string of the molecule is COc1cc(OC)cc(C(=O)Nc2sc(C(=O)OC(C)C)c(C)c2C#N)c1. The molecule has 1 aromatic heterocycles. The molecule has 27 heavy (non-hydrogen) atoms. The van der Waals surface area contributed by atoms with Crippen molar-refractivity contribution in [2.24, 2.45) is 0 Å². The van der Waals surface area contributed by atoms with Gasteiger partial charge in [0.2, 0.25) is 0 Å². The Morgan fingerprint density at radius 3 is 2.22 bits per heavy atom. The molecular formula is C19H20N2O5S. The summed E-state index contributed by atoms with van der Waals surface area (Å²) in [5.41, 5.74) is 1.01. The smallest absolute Gasteiger partial charge is 0.348 e. The van der Waals surface area contributed by atoms with E-state index < -0.39 is 11.9 Å². The van der Waals surface area contributed by atoms with Crippen LogP contribution in [0, 0.1) is 18.3 Å². The lowest BCUT2D eigenvalue weighted by atomic mass is 10.1. The van der Waals surface area contributed by atoms with Gasteiger partial charge >= 0.3 is 5.97 Å². The average Bonchev–Trinajstić information content (AvgIpc) is 2.95. The Bertz CT molecular complexity index is 889. The van der Waals surface area contributed by atoms with Crippen molar-refractivity contribution in [2.45, 2.75) is 26.9 Å². The van der Waals surface area contributed by atoms with Crippen LogP contribution in [0.25, 0.3) is 0 Å². The van der Waals surface area contributed by atoms with Crippen molar-refractivity contribution < 1.29 is 23.8 Å². The van der Waals surface area contributed by atoms with E-state index in [0.717, 1.165) is 11.3 Å². The van der Waals surface area contributed by atoms with E-state index >= 15 is 0 Å². The van der Waals surface area contributed by atoms with E-state index in [1.54, 1.807) is 39.0 Å². The number of carbonyl (C=O) groups is 2. The Labute approximate surface area is 161 Å². The van der Waals surface area contributed by atoms with Gasteiger partial charge in [-0.15, -0.1) is 11.3 Å². The van der Waals surface area contributed by atoms with Crippen LogP contribution in [-0.4, -0.2) is 32.2 Å². The van der Waals surface area contributed by atoms with Crippen molar-refractivity contribution in [2.75, 3.05) is 19.5 Å².